The molecule has 0 aromatic rings. The molecule has 0 aromatic carbocycles. The minimum absolute atomic E-state index is 0.549. The van der Waals surface area contributed by atoms with Gasteiger partial charge in [0.1, 0.15) is 0 Å². The van der Waals surface area contributed by atoms with E-state index in [0.717, 1.165) is 35.5 Å². The Morgan fingerprint density at radius 1 is 0.683 bits per heavy atom. The Balaban J connectivity index is 1.05. The Hall–Kier alpha value is -0.260. The van der Waals surface area contributed by atoms with Crippen LogP contribution in [0.4, 0.5) is 0 Å². The number of unbranched alkanes of at least 4 members (excludes halogenated alkanes) is 16. The molecule has 4 rings (SSSR count). The predicted octanol–water partition coefficient (Wildman–Crippen LogP) is 13.9. The molecule has 0 radical (unpaired) electrons. The van der Waals surface area contributed by atoms with Crippen LogP contribution in [0, 0.1) is 46.3 Å². The van der Waals surface area contributed by atoms with Crippen LogP contribution in [0.5, 0.6) is 0 Å². The third-order valence-corrected chi connectivity index (χ3v) is 13.9. The number of hydrogen-bond acceptors (Lipinski definition) is 0. The number of fused-ring (bicyclic) bond motifs is 5. The second kappa shape index (κ2) is 16.7. The fraction of sp³-hybridized carbons (Fsp3) is 0.951. The van der Waals surface area contributed by atoms with Crippen LogP contribution >= 0.6 is 0 Å². The van der Waals surface area contributed by atoms with Crippen molar-refractivity contribution in [3.63, 3.8) is 0 Å². The average Bonchev–Trinajstić information content (AvgIpc) is 3.32. The van der Waals surface area contributed by atoms with E-state index in [9.17, 15) is 0 Å². The Kier molecular flexibility index (Phi) is 13.7. The predicted molar refractivity (Wildman–Crippen MR) is 182 cm³/mol. The van der Waals surface area contributed by atoms with Crippen LogP contribution in [-0.2, 0) is 0 Å². The largest absolute Gasteiger partial charge is 0.0845 e. The molecule has 41 heavy (non-hydrogen) atoms. The first kappa shape index (κ1) is 33.6. The quantitative estimate of drug-likeness (QED) is 0.108. The van der Waals surface area contributed by atoms with Crippen LogP contribution < -0.4 is 0 Å². The highest BCUT2D eigenvalue weighted by atomic mass is 14.6. The maximum Gasteiger partial charge on any atom is -0.00851 e. The van der Waals surface area contributed by atoms with Gasteiger partial charge < -0.3 is 0 Å². The van der Waals surface area contributed by atoms with Crippen molar-refractivity contribution < 1.29 is 0 Å². The molecule has 0 nitrogen and oxygen atoms in total. The van der Waals surface area contributed by atoms with Gasteiger partial charge in [-0.05, 0) is 97.7 Å². The van der Waals surface area contributed by atoms with Gasteiger partial charge in [-0.2, -0.15) is 0 Å². The van der Waals surface area contributed by atoms with Gasteiger partial charge in [0.05, 0.1) is 0 Å². The monoisotopic (exact) mass is 567 g/mol. The summed E-state index contributed by atoms with van der Waals surface area (Å²) in [5, 5.41) is 0. The van der Waals surface area contributed by atoms with E-state index in [0.29, 0.717) is 10.8 Å². The molecule has 0 N–H and O–H groups in total. The third-order valence-electron chi connectivity index (χ3n) is 13.9. The standard InChI is InChI=1S/C41H74/c1-6-7-8-9-10-11-12-13-14-15-16-17-18-19-20-21-22-23-34(3)37-26-27-38-36-25-24-35-32-33(2)28-30-40(35,4)39(36)29-31-41(37,38)5/h24,33-34,36-39H,6-23,25-32H2,1-5H3/t33-,34+,36?,37+,38-,39-,40-,41+/m0/s1. The van der Waals surface area contributed by atoms with Crippen LogP contribution in [0.3, 0.4) is 0 Å². The number of hydrogen-bond donors (Lipinski definition) is 0. The second-order valence-electron chi connectivity index (χ2n) is 16.8. The van der Waals surface area contributed by atoms with E-state index < -0.39 is 0 Å². The summed E-state index contributed by atoms with van der Waals surface area (Å²) >= 11 is 0. The van der Waals surface area contributed by atoms with Crippen LogP contribution in [0.25, 0.3) is 0 Å². The summed E-state index contributed by atoms with van der Waals surface area (Å²) in [6, 6.07) is 0. The molecule has 0 aromatic heterocycles. The van der Waals surface area contributed by atoms with Crippen molar-refractivity contribution in [1.82, 2.24) is 0 Å². The van der Waals surface area contributed by atoms with Gasteiger partial charge >= 0.3 is 0 Å². The average molecular weight is 567 g/mol. The molecule has 0 amide bonds. The van der Waals surface area contributed by atoms with Crippen LogP contribution in [0.1, 0.15) is 202 Å². The lowest BCUT2D eigenvalue weighted by molar-refractivity contribution is -0.0522. The Morgan fingerprint density at radius 3 is 1.83 bits per heavy atom. The highest BCUT2D eigenvalue weighted by Gasteiger charge is 2.58. The zero-order valence-corrected chi connectivity index (χ0v) is 28.9. The van der Waals surface area contributed by atoms with Crippen molar-refractivity contribution in [2.45, 2.75) is 202 Å². The summed E-state index contributed by atoms with van der Waals surface area (Å²) in [7, 11) is 0. The van der Waals surface area contributed by atoms with E-state index >= 15 is 0 Å². The summed E-state index contributed by atoms with van der Waals surface area (Å²) in [6.45, 7) is 12.9. The molecular weight excluding hydrogens is 492 g/mol. The highest BCUT2D eigenvalue weighted by Crippen LogP contribution is 2.67. The maximum atomic E-state index is 2.77. The van der Waals surface area contributed by atoms with Gasteiger partial charge in [0.25, 0.3) is 0 Å². The van der Waals surface area contributed by atoms with Crippen molar-refractivity contribution in [3.05, 3.63) is 11.6 Å². The summed E-state index contributed by atoms with van der Waals surface area (Å²) in [6.07, 6.45) is 41.3. The summed E-state index contributed by atoms with van der Waals surface area (Å²) in [5.41, 5.74) is 3.06. The molecule has 0 saturated heterocycles. The topological polar surface area (TPSA) is 0 Å². The Morgan fingerprint density at radius 2 is 1.24 bits per heavy atom. The summed E-state index contributed by atoms with van der Waals surface area (Å²) in [5.74, 6) is 5.86. The zero-order valence-electron chi connectivity index (χ0n) is 28.9. The molecule has 1 unspecified atom stereocenters. The Labute approximate surface area is 259 Å². The van der Waals surface area contributed by atoms with Crippen molar-refractivity contribution >= 4 is 0 Å². The maximum absolute atomic E-state index is 2.77. The normalized spacial score (nSPS) is 35.4. The molecule has 238 valence electrons. The zero-order chi connectivity index (χ0) is 29.1. The third kappa shape index (κ3) is 8.68. The van der Waals surface area contributed by atoms with E-state index in [4.69, 9.17) is 0 Å². The van der Waals surface area contributed by atoms with E-state index in [2.05, 4.69) is 40.7 Å². The van der Waals surface area contributed by atoms with Crippen LogP contribution in [-0.4, -0.2) is 0 Å². The highest BCUT2D eigenvalue weighted by molar-refractivity contribution is 5.25. The number of allylic oxidation sites excluding steroid dienone is 2. The molecule has 4 aliphatic rings. The van der Waals surface area contributed by atoms with E-state index in [-0.39, 0.29) is 0 Å². The van der Waals surface area contributed by atoms with Gasteiger partial charge in [-0.25, -0.2) is 0 Å². The molecule has 4 aliphatic carbocycles. The number of rotatable bonds is 19. The fourth-order valence-electron chi connectivity index (χ4n) is 11.2. The van der Waals surface area contributed by atoms with Crippen molar-refractivity contribution in [2.24, 2.45) is 46.3 Å². The van der Waals surface area contributed by atoms with Crippen molar-refractivity contribution in [1.29, 1.82) is 0 Å². The minimum Gasteiger partial charge on any atom is -0.0845 e. The second-order valence-corrected chi connectivity index (χ2v) is 16.8. The molecule has 0 aliphatic heterocycles. The van der Waals surface area contributed by atoms with Gasteiger partial charge in [0, 0.05) is 0 Å². The summed E-state index contributed by atoms with van der Waals surface area (Å²) in [4.78, 5) is 0. The Bertz CT molecular complexity index is 762. The lowest BCUT2D eigenvalue weighted by atomic mass is 9.46. The molecule has 0 heterocycles. The summed E-state index contributed by atoms with van der Waals surface area (Å²) < 4.78 is 0. The fourth-order valence-corrected chi connectivity index (χ4v) is 11.2. The first-order valence-corrected chi connectivity index (χ1v) is 19.6. The van der Waals surface area contributed by atoms with Gasteiger partial charge in [0.2, 0.25) is 0 Å². The smallest absolute Gasteiger partial charge is 0.00851 e. The minimum atomic E-state index is 0.549. The molecule has 0 spiro atoms. The molecular formula is C41H74. The van der Waals surface area contributed by atoms with Gasteiger partial charge in [-0.1, -0.05) is 162 Å². The molecule has 3 fully saturated rings. The molecule has 3 saturated carbocycles. The van der Waals surface area contributed by atoms with Gasteiger partial charge in [0.15, 0.2) is 0 Å². The lowest BCUT2D eigenvalue weighted by Gasteiger charge is -2.58. The first-order chi connectivity index (χ1) is 19.9. The van der Waals surface area contributed by atoms with E-state index in [1.807, 2.05) is 5.57 Å². The SMILES string of the molecule is CCCCCCCCCCCCCCCCCCC[C@@H](C)[C@H]1CC[C@H]2C3CC=C4C[C@@H](C)CC[C@]4(C)[C@H]3CC[C@]12C. The van der Waals surface area contributed by atoms with E-state index in [1.54, 1.807) is 6.42 Å². The first-order valence-electron chi connectivity index (χ1n) is 19.6. The van der Waals surface area contributed by atoms with Crippen LogP contribution in [0.15, 0.2) is 11.6 Å². The van der Waals surface area contributed by atoms with Crippen LogP contribution in [0.2, 0.25) is 0 Å². The molecule has 0 heteroatoms. The van der Waals surface area contributed by atoms with Crippen molar-refractivity contribution in [3.8, 4) is 0 Å². The van der Waals surface area contributed by atoms with Gasteiger partial charge in [-0.15, -0.1) is 0 Å². The van der Waals surface area contributed by atoms with E-state index in [1.165, 1.54) is 161 Å². The molecule has 0 bridgehead atoms. The van der Waals surface area contributed by atoms with Crippen molar-refractivity contribution in [2.75, 3.05) is 0 Å². The van der Waals surface area contributed by atoms with Gasteiger partial charge in [-0.3, -0.25) is 0 Å². The molecule has 8 atom stereocenters. The lowest BCUT2D eigenvalue weighted by Crippen LogP contribution is -2.50.